The van der Waals surface area contributed by atoms with Gasteiger partial charge in [-0.25, -0.2) is 4.98 Å². The first-order valence-corrected chi connectivity index (χ1v) is 7.97. The number of hydrogen-bond donors (Lipinski definition) is 1. The molecular formula is C17H13Cl2N3O2. The first-order valence-electron chi connectivity index (χ1n) is 7.22. The van der Waals surface area contributed by atoms with Crippen LogP contribution in [-0.2, 0) is 11.2 Å². The van der Waals surface area contributed by atoms with Gasteiger partial charge in [-0.1, -0.05) is 23.2 Å². The van der Waals surface area contributed by atoms with Crippen LogP contribution in [-0.4, -0.2) is 15.9 Å². The van der Waals surface area contributed by atoms with E-state index in [-0.39, 0.29) is 12.3 Å². The second-order valence-electron chi connectivity index (χ2n) is 5.03. The lowest BCUT2D eigenvalue weighted by Crippen LogP contribution is -2.12. The summed E-state index contributed by atoms with van der Waals surface area (Å²) in [6.45, 7) is 0. The van der Waals surface area contributed by atoms with E-state index in [1.807, 2.05) is 0 Å². The van der Waals surface area contributed by atoms with Gasteiger partial charge in [0.2, 0.25) is 5.91 Å². The van der Waals surface area contributed by atoms with Crippen molar-refractivity contribution in [3.63, 3.8) is 0 Å². The first kappa shape index (κ1) is 16.5. The monoisotopic (exact) mass is 361 g/mol. The van der Waals surface area contributed by atoms with Crippen molar-refractivity contribution >= 4 is 34.8 Å². The van der Waals surface area contributed by atoms with Gasteiger partial charge in [-0.05, 0) is 30.3 Å². The number of nitrogens with zero attached hydrogens (tertiary/aromatic N) is 2. The minimum absolute atomic E-state index is 0.120. The third kappa shape index (κ3) is 4.13. The summed E-state index contributed by atoms with van der Waals surface area (Å²) in [5.74, 6) is 0.896. The van der Waals surface area contributed by atoms with Crippen LogP contribution in [0.15, 0.2) is 53.3 Å². The van der Waals surface area contributed by atoms with Gasteiger partial charge in [-0.3, -0.25) is 9.78 Å². The van der Waals surface area contributed by atoms with Crippen LogP contribution >= 0.6 is 23.2 Å². The maximum atomic E-state index is 11.9. The molecule has 1 aromatic carbocycles. The maximum absolute atomic E-state index is 11.9. The molecule has 122 valence electrons. The topological polar surface area (TPSA) is 68.0 Å². The van der Waals surface area contributed by atoms with Crippen molar-refractivity contribution in [1.82, 2.24) is 9.97 Å². The fraction of sp³-hybridized carbons (Fsp3) is 0.118. The van der Waals surface area contributed by atoms with Crippen molar-refractivity contribution in [2.45, 2.75) is 12.8 Å². The Morgan fingerprint density at radius 3 is 2.71 bits per heavy atom. The van der Waals surface area contributed by atoms with Crippen molar-refractivity contribution in [3.8, 4) is 11.3 Å². The molecule has 24 heavy (non-hydrogen) atoms. The molecule has 0 atom stereocenters. The van der Waals surface area contributed by atoms with Crippen LogP contribution in [0, 0.1) is 0 Å². The van der Waals surface area contributed by atoms with Gasteiger partial charge >= 0.3 is 0 Å². The first-order chi connectivity index (χ1) is 11.6. The number of nitrogens with one attached hydrogen (secondary N) is 1. The highest BCUT2D eigenvalue weighted by atomic mass is 35.5. The largest absolute Gasteiger partial charge is 0.441 e. The molecule has 0 saturated heterocycles. The van der Waals surface area contributed by atoms with Crippen molar-refractivity contribution in [2.75, 3.05) is 5.32 Å². The van der Waals surface area contributed by atoms with Crippen LogP contribution in [0.3, 0.4) is 0 Å². The number of pyridine rings is 1. The Morgan fingerprint density at radius 1 is 1.17 bits per heavy atom. The smallest absolute Gasteiger partial charge is 0.224 e. The van der Waals surface area contributed by atoms with Gasteiger partial charge < -0.3 is 9.73 Å². The Morgan fingerprint density at radius 2 is 1.96 bits per heavy atom. The average Bonchev–Trinajstić information content (AvgIpc) is 3.02. The number of carbonyl (C=O) groups is 1. The minimum Gasteiger partial charge on any atom is -0.441 e. The standard InChI is InChI=1S/C17H13Cl2N3O2/c18-11-1-2-13(14(19)9-11)15-10-21-17(24-15)4-3-16(23)22-12-5-7-20-8-6-12/h1-2,5-10H,3-4H2,(H,20,22,23). The number of anilines is 1. The summed E-state index contributed by atoms with van der Waals surface area (Å²) in [6.07, 6.45) is 5.47. The highest BCUT2D eigenvalue weighted by Crippen LogP contribution is 2.30. The third-order valence-corrected chi connectivity index (χ3v) is 3.83. The van der Waals surface area contributed by atoms with Crippen LogP contribution in [0.4, 0.5) is 5.69 Å². The molecule has 2 heterocycles. The number of amides is 1. The van der Waals surface area contributed by atoms with Crippen LogP contribution in [0.25, 0.3) is 11.3 Å². The number of oxazole rings is 1. The predicted molar refractivity (Wildman–Crippen MR) is 93.1 cm³/mol. The molecule has 5 nitrogen and oxygen atoms in total. The summed E-state index contributed by atoms with van der Waals surface area (Å²) >= 11 is 12.0. The number of carbonyl (C=O) groups excluding carboxylic acids is 1. The van der Waals surface area contributed by atoms with Gasteiger partial charge in [0.05, 0.1) is 11.2 Å². The second kappa shape index (κ2) is 7.47. The van der Waals surface area contributed by atoms with Crippen molar-refractivity contribution in [2.24, 2.45) is 0 Å². The van der Waals surface area contributed by atoms with Crippen molar-refractivity contribution < 1.29 is 9.21 Å². The van der Waals surface area contributed by atoms with E-state index in [1.165, 1.54) is 0 Å². The molecule has 3 rings (SSSR count). The van der Waals surface area contributed by atoms with Crippen LogP contribution in [0.2, 0.25) is 10.0 Å². The maximum Gasteiger partial charge on any atom is 0.224 e. The molecule has 0 aliphatic carbocycles. The number of aryl methyl sites for hydroxylation is 1. The highest BCUT2D eigenvalue weighted by Gasteiger charge is 2.12. The van der Waals surface area contributed by atoms with Gasteiger partial charge in [-0.2, -0.15) is 0 Å². The fourth-order valence-electron chi connectivity index (χ4n) is 2.12. The van der Waals surface area contributed by atoms with E-state index >= 15 is 0 Å². The molecule has 0 saturated carbocycles. The van der Waals surface area contributed by atoms with Crippen molar-refractivity contribution in [1.29, 1.82) is 0 Å². The Kier molecular flexibility index (Phi) is 5.13. The molecule has 0 aliphatic rings. The third-order valence-electron chi connectivity index (χ3n) is 3.28. The summed E-state index contributed by atoms with van der Waals surface area (Å²) in [5, 5.41) is 3.82. The molecule has 0 unspecified atom stereocenters. The quantitative estimate of drug-likeness (QED) is 0.719. The molecule has 0 bridgehead atoms. The predicted octanol–water partition coefficient (Wildman–Crippen LogP) is 4.61. The molecule has 0 aliphatic heterocycles. The molecule has 0 fully saturated rings. The van der Waals surface area contributed by atoms with Gasteiger partial charge in [0.25, 0.3) is 0 Å². The van der Waals surface area contributed by atoms with E-state index in [9.17, 15) is 4.79 Å². The second-order valence-corrected chi connectivity index (χ2v) is 5.87. The Balaban J connectivity index is 1.61. The number of rotatable bonds is 5. The van der Waals surface area contributed by atoms with E-state index in [0.717, 1.165) is 0 Å². The van der Waals surface area contributed by atoms with Crippen LogP contribution < -0.4 is 5.32 Å². The van der Waals surface area contributed by atoms with E-state index in [0.29, 0.717) is 39.4 Å². The average molecular weight is 362 g/mol. The number of aromatic nitrogens is 2. The van der Waals surface area contributed by atoms with Crippen LogP contribution in [0.5, 0.6) is 0 Å². The lowest BCUT2D eigenvalue weighted by Gasteiger charge is -2.03. The van der Waals surface area contributed by atoms with Gasteiger partial charge in [0.1, 0.15) is 0 Å². The summed E-state index contributed by atoms with van der Waals surface area (Å²) in [6, 6.07) is 8.59. The van der Waals surface area contributed by atoms with Gasteiger partial charge in [-0.15, -0.1) is 0 Å². The van der Waals surface area contributed by atoms with Gasteiger partial charge in [0, 0.05) is 41.5 Å². The normalized spacial score (nSPS) is 10.6. The van der Waals surface area contributed by atoms with E-state index in [1.54, 1.807) is 48.9 Å². The zero-order valence-corrected chi connectivity index (χ0v) is 14.0. The summed E-state index contributed by atoms with van der Waals surface area (Å²) in [7, 11) is 0. The number of halogens is 2. The zero-order valence-electron chi connectivity index (χ0n) is 12.5. The molecule has 1 amide bonds. The van der Waals surface area contributed by atoms with E-state index < -0.39 is 0 Å². The van der Waals surface area contributed by atoms with Crippen molar-refractivity contribution in [3.05, 3.63) is 64.9 Å². The molecule has 0 spiro atoms. The fourth-order valence-corrected chi connectivity index (χ4v) is 2.62. The summed E-state index contributed by atoms with van der Waals surface area (Å²) < 4.78 is 5.66. The molecular weight excluding hydrogens is 349 g/mol. The Bertz CT molecular complexity index is 850. The summed E-state index contributed by atoms with van der Waals surface area (Å²) in [5.41, 5.74) is 1.41. The minimum atomic E-state index is -0.120. The SMILES string of the molecule is O=C(CCc1ncc(-c2ccc(Cl)cc2Cl)o1)Nc1ccncc1. The van der Waals surface area contributed by atoms with E-state index in [4.69, 9.17) is 27.6 Å². The summed E-state index contributed by atoms with van der Waals surface area (Å²) in [4.78, 5) is 20.0. The Hall–Kier alpha value is -2.37. The van der Waals surface area contributed by atoms with Crippen LogP contribution in [0.1, 0.15) is 12.3 Å². The molecule has 2 aromatic heterocycles. The number of benzene rings is 1. The molecule has 7 heteroatoms. The van der Waals surface area contributed by atoms with Gasteiger partial charge in [0.15, 0.2) is 11.7 Å². The number of hydrogen-bond acceptors (Lipinski definition) is 4. The lowest BCUT2D eigenvalue weighted by molar-refractivity contribution is -0.116. The molecule has 0 radical (unpaired) electrons. The Labute approximate surface area is 148 Å². The molecule has 1 N–H and O–H groups in total. The lowest BCUT2D eigenvalue weighted by atomic mass is 10.2. The highest BCUT2D eigenvalue weighted by molar-refractivity contribution is 6.36. The molecule has 3 aromatic rings. The van der Waals surface area contributed by atoms with E-state index in [2.05, 4.69) is 15.3 Å². The zero-order chi connectivity index (χ0) is 16.9.